The zero-order chi connectivity index (χ0) is 17.2. The Bertz CT molecular complexity index is 704. The molecule has 2 heterocycles. The van der Waals surface area contributed by atoms with Crippen molar-refractivity contribution in [3.63, 3.8) is 0 Å². The molecule has 0 saturated carbocycles. The normalized spacial score (nSPS) is 23.6. The fourth-order valence-electron chi connectivity index (χ4n) is 3.57. The number of nitrogens with one attached hydrogen (secondary N) is 1. The molecule has 0 unspecified atom stereocenters. The highest BCUT2D eigenvalue weighted by Crippen LogP contribution is 2.36. The first-order valence-electron chi connectivity index (χ1n) is 8.42. The van der Waals surface area contributed by atoms with Gasteiger partial charge in [0, 0.05) is 24.7 Å². The number of carbonyl (C=O) groups is 1. The summed E-state index contributed by atoms with van der Waals surface area (Å²) in [7, 11) is -3.19. The molecule has 1 aromatic carbocycles. The molecule has 1 N–H and O–H groups in total. The minimum Gasteiger partial charge on any atom is -0.492 e. The van der Waals surface area contributed by atoms with Crippen LogP contribution in [0.2, 0.25) is 0 Å². The number of ether oxygens (including phenoxy) is 1. The average Bonchev–Trinajstić information content (AvgIpc) is 2.97. The summed E-state index contributed by atoms with van der Waals surface area (Å²) in [6, 6.07) is 7.78. The number of piperidine rings is 1. The van der Waals surface area contributed by atoms with Gasteiger partial charge in [-0.05, 0) is 31.7 Å². The Labute approximate surface area is 143 Å². The molecular formula is C17H24N2O4S. The molecule has 0 spiro atoms. The van der Waals surface area contributed by atoms with Crippen LogP contribution in [-0.2, 0) is 14.8 Å². The smallest absolute Gasteiger partial charge is 0.233 e. The van der Waals surface area contributed by atoms with Crippen LogP contribution in [0.25, 0.3) is 0 Å². The lowest BCUT2D eigenvalue weighted by Gasteiger charge is -2.37. The van der Waals surface area contributed by atoms with Crippen molar-refractivity contribution in [2.75, 3.05) is 26.0 Å². The fourth-order valence-corrected chi connectivity index (χ4v) is 4.06. The van der Waals surface area contributed by atoms with Crippen molar-refractivity contribution in [1.82, 2.24) is 9.62 Å². The van der Waals surface area contributed by atoms with Gasteiger partial charge >= 0.3 is 0 Å². The van der Waals surface area contributed by atoms with Crippen molar-refractivity contribution >= 4 is 15.9 Å². The van der Waals surface area contributed by atoms with Crippen LogP contribution in [0, 0.1) is 0 Å². The molecule has 2 atom stereocenters. The number of likely N-dealkylation sites (tertiary alicyclic amines) is 1. The summed E-state index contributed by atoms with van der Waals surface area (Å²) >= 11 is 0. The number of benzene rings is 1. The van der Waals surface area contributed by atoms with E-state index in [1.807, 2.05) is 29.2 Å². The summed E-state index contributed by atoms with van der Waals surface area (Å²) in [6.45, 7) is 1.50. The number of hydrogen-bond donors (Lipinski definition) is 1. The van der Waals surface area contributed by atoms with E-state index in [0.717, 1.165) is 43.4 Å². The molecule has 7 heteroatoms. The van der Waals surface area contributed by atoms with E-state index in [2.05, 4.69) is 4.72 Å². The first-order valence-corrected chi connectivity index (χ1v) is 10.3. The number of sulfonamides is 1. The zero-order valence-electron chi connectivity index (χ0n) is 13.9. The Kier molecular flexibility index (Phi) is 5.10. The SMILES string of the molecule is CS(=O)(=O)NCC[C@@H]1CCCCN1C(=O)[C@H]1COc2ccccc21. The summed E-state index contributed by atoms with van der Waals surface area (Å²) in [5.74, 6) is 0.650. The molecule has 3 rings (SSSR count). The Balaban J connectivity index is 1.68. The molecular weight excluding hydrogens is 328 g/mol. The van der Waals surface area contributed by atoms with Crippen LogP contribution < -0.4 is 9.46 Å². The van der Waals surface area contributed by atoms with Crippen LogP contribution in [0.5, 0.6) is 5.75 Å². The van der Waals surface area contributed by atoms with Crippen molar-refractivity contribution in [2.45, 2.75) is 37.6 Å². The summed E-state index contributed by atoms with van der Waals surface area (Å²) in [5.41, 5.74) is 0.959. The third kappa shape index (κ3) is 3.89. The van der Waals surface area contributed by atoms with Crippen LogP contribution in [-0.4, -0.2) is 51.2 Å². The molecule has 1 saturated heterocycles. The fraction of sp³-hybridized carbons (Fsp3) is 0.588. The summed E-state index contributed by atoms with van der Waals surface area (Å²) in [6.07, 6.45) is 4.80. The average molecular weight is 352 g/mol. The molecule has 1 fully saturated rings. The van der Waals surface area contributed by atoms with Crippen LogP contribution in [0.3, 0.4) is 0 Å². The van der Waals surface area contributed by atoms with Crippen molar-refractivity contribution < 1.29 is 17.9 Å². The maximum atomic E-state index is 13.0. The van der Waals surface area contributed by atoms with E-state index in [0.29, 0.717) is 19.6 Å². The molecule has 24 heavy (non-hydrogen) atoms. The van der Waals surface area contributed by atoms with Gasteiger partial charge in [0.05, 0.1) is 6.26 Å². The van der Waals surface area contributed by atoms with Gasteiger partial charge in [0.1, 0.15) is 18.3 Å². The van der Waals surface area contributed by atoms with Crippen LogP contribution >= 0.6 is 0 Å². The lowest BCUT2D eigenvalue weighted by atomic mass is 9.94. The molecule has 2 aliphatic rings. The van der Waals surface area contributed by atoms with Gasteiger partial charge in [-0.3, -0.25) is 4.79 Å². The van der Waals surface area contributed by atoms with Gasteiger partial charge in [0.15, 0.2) is 0 Å². The number of rotatable bonds is 5. The maximum Gasteiger partial charge on any atom is 0.233 e. The van der Waals surface area contributed by atoms with Gasteiger partial charge in [-0.2, -0.15) is 0 Å². The molecule has 0 aliphatic carbocycles. The van der Waals surface area contributed by atoms with Gasteiger partial charge in [-0.1, -0.05) is 18.2 Å². The van der Waals surface area contributed by atoms with E-state index < -0.39 is 10.0 Å². The van der Waals surface area contributed by atoms with Crippen molar-refractivity contribution in [3.05, 3.63) is 29.8 Å². The monoisotopic (exact) mass is 352 g/mol. The third-order valence-electron chi connectivity index (χ3n) is 4.75. The number of amides is 1. The third-order valence-corrected chi connectivity index (χ3v) is 5.48. The second kappa shape index (κ2) is 7.11. The van der Waals surface area contributed by atoms with Gasteiger partial charge in [0.2, 0.25) is 15.9 Å². The topological polar surface area (TPSA) is 75.7 Å². The van der Waals surface area contributed by atoms with Crippen molar-refractivity contribution in [3.8, 4) is 5.75 Å². The number of para-hydroxylation sites is 1. The largest absolute Gasteiger partial charge is 0.492 e. The lowest BCUT2D eigenvalue weighted by Crippen LogP contribution is -2.47. The molecule has 132 valence electrons. The predicted octanol–water partition coefficient (Wildman–Crippen LogP) is 1.48. The molecule has 1 aromatic rings. The van der Waals surface area contributed by atoms with Crippen LogP contribution in [0.15, 0.2) is 24.3 Å². The minimum atomic E-state index is -3.19. The highest BCUT2D eigenvalue weighted by molar-refractivity contribution is 7.88. The number of fused-ring (bicyclic) bond motifs is 1. The predicted molar refractivity (Wildman–Crippen MR) is 91.5 cm³/mol. The Morgan fingerprint density at radius 2 is 2.12 bits per heavy atom. The Morgan fingerprint density at radius 3 is 2.92 bits per heavy atom. The highest BCUT2D eigenvalue weighted by atomic mass is 32.2. The van der Waals surface area contributed by atoms with Gasteiger partial charge in [0.25, 0.3) is 0 Å². The van der Waals surface area contributed by atoms with Gasteiger partial charge in [-0.15, -0.1) is 0 Å². The zero-order valence-corrected chi connectivity index (χ0v) is 14.7. The summed E-state index contributed by atoms with van der Waals surface area (Å²) in [5, 5.41) is 0. The quantitative estimate of drug-likeness (QED) is 0.871. The molecule has 0 bridgehead atoms. The maximum absolute atomic E-state index is 13.0. The van der Waals surface area contributed by atoms with Gasteiger partial charge < -0.3 is 9.64 Å². The second-order valence-corrected chi connectivity index (χ2v) is 8.37. The Hall–Kier alpha value is -1.60. The molecule has 0 radical (unpaired) electrons. The standard InChI is InChI=1S/C17H24N2O4S/c1-24(21,22)18-10-9-13-6-4-5-11-19(13)17(20)15-12-23-16-8-3-2-7-14(15)16/h2-3,7-8,13,15,18H,4-6,9-12H2,1H3/t13-,15-/m0/s1. The first-order chi connectivity index (χ1) is 11.5. The number of hydrogen-bond acceptors (Lipinski definition) is 4. The molecule has 2 aliphatic heterocycles. The lowest BCUT2D eigenvalue weighted by molar-refractivity contribution is -0.136. The van der Waals surface area contributed by atoms with E-state index in [9.17, 15) is 13.2 Å². The van der Waals surface area contributed by atoms with Crippen molar-refractivity contribution in [2.24, 2.45) is 0 Å². The van der Waals surface area contributed by atoms with E-state index in [1.54, 1.807) is 0 Å². The second-order valence-electron chi connectivity index (χ2n) is 6.54. The van der Waals surface area contributed by atoms with Crippen molar-refractivity contribution in [1.29, 1.82) is 0 Å². The van der Waals surface area contributed by atoms with Gasteiger partial charge in [-0.25, -0.2) is 13.1 Å². The molecule has 6 nitrogen and oxygen atoms in total. The number of carbonyl (C=O) groups excluding carboxylic acids is 1. The van der Waals surface area contributed by atoms with Crippen LogP contribution in [0.1, 0.15) is 37.2 Å². The summed E-state index contributed by atoms with van der Waals surface area (Å²) < 4.78 is 30.6. The Morgan fingerprint density at radius 1 is 1.33 bits per heavy atom. The first kappa shape index (κ1) is 17.2. The van der Waals surface area contributed by atoms with E-state index >= 15 is 0 Å². The minimum absolute atomic E-state index is 0.0910. The van der Waals surface area contributed by atoms with E-state index in [1.165, 1.54) is 0 Å². The molecule has 0 aromatic heterocycles. The van der Waals surface area contributed by atoms with E-state index in [-0.39, 0.29) is 17.9 Å². The highest BCUT2D eigenvalue weighted by Gasteiger charge is 2.36. The van der Waals surface area contributed by atoms with E-state index in [4.69, 9.17) is 4.74 Å². The molecule has 1 amide bonds. The summed E-state index contributed by atoms with van der Waals surface area (Å²) in [4.78, 5) is 15.0. The number of nitrogens with zero attached hydrogens (tertiary/aromatic N) is 1. The van der Waals surface area contributed by atoms with Crippen LogP contribution in [0.4, 0.5) is 0 Å².